The molecule has 0 aliphatic heterocycles. The van der Waals surface area contributed by atoms with Gasteiger partial charge in [0.15, 0.2) is 0 Å². The van der Waals surface area contributed by atoms with Crippen molar-refractivity contribution < 1.29 is 0 Å². The fourth-order valence-electron chi connectivity index (χ4n) is 1.70. The van der Waals surface area contributed by atoms with Gasteiger partial charge in [-0.1, -0.05) is 34.8 Å². The van der Waals surface area contributed by atoms with E-state index >= 15 is 0 Å². The zero-order valence-electron chi connectivity index (χ0n) is 10.3. The Morgan fingerprint density at radius 3 is 2.45 bits per heavy atom. The summed E-state index contributed by atoms with van der Waals surface area (Å²) in [5.74, 6) is 0. The molecule has 6 heteroatoms. The number of nitrogen functional groups attached to an aromatic ring is 1. The molecule has 0 saturated heterocycles. The van der Waals surface area contributed by atoms with Gasteiger partial charge in [-0.2, -0.15) is 5.26 Å². The maximum atomic E-state index is 8.76. The Morgan fingerprint density at radius 1 is 1.05 bits per heavy atom. The molecule has 0 radical (unpaired) electrons. The minimum absolute atomic E-state index is 0.246. The number of hydrogen-bond donors (Lipinski definition) is 2. The molecule has 3 nitrogen and oxygen atoms in total. The van der Waals surface area contributed by atoms with Gasteiger partial charge >= 0.3 is 0 Å². The topological polar surface area (TPSA) is 61.8 Å². The summed E-state index contributed by atoms with van der Waals surface area (Å²) in [6, 6.07) is 10.6. The van der Waals surface area contributed by atoms with Crippen LogP contribution in [0.15, 0.2) is 30.3 Å². The molecule has 0 spiro atoms. The Hall–Kier alpha value is -1.60. The molecule has 0 bridgehead atoms. The molecule has 0 unspecified atom stereocenters. The van der Waals surface area contributed by atoms with Crippen molar-refractivity contribution in [3.63, 3.8) is 0 Å². The summed E-state index contributed by atoms with van der Waals surface area (Å²) >= 11 is 17.9. The average Bonchev–Trinajstić information content (AvgIpc) is 2.40. The molecule has 0 aliphatic carbocycles. The second-order valence-corrected chi connectivity index (χ2v) is 5.34. The van der Waals surface area contributed by atoms with Crippen LogP contribution in [0.4, 0.5) is 17.1 Å². The van der Waals surface area contributed by atoms with Crippen LogP contribution in [0.1, 0.15) is 5.56 Å². The van der Waals surface area contributed by atoms with Gasteiger partial charge in [-0.3, -0.25) is 0 Å². The van der Waals surface area contributed by atoms with E-state index in [4.69, 9.17) is 45.8 Å². The van der Waals surface area contributed by atoms with Crippen LogP contribution < -0.4 is 11.1 Å². The highest BCUT2D eigenvalue weighted by atomic mass is 35.5. The van der Waals surface area contributed by atoms with Crippen molar-refractivity contribution in [2.45, 2.75) is 6.42 Å². The molecule has 0 aromatic heterocycles. The molecule has 2 rings (SSSR count). The fraction of sp³-hybridized carbons (Fsp3) is 0.0714. The highest BCUT2D eigenvalue weighted by Gasteiger charge is 2.07. The Labute approximate surface area is 131 Å². The van der Waals surface area contributed by atoms with Gasteiger partial charge in [0, 0.05) is 11.4 Å². The van der Waals surface area contributed by atoms with Crippen molar-refractivity contribution in [2.75, 3.05) is 11.1 Å². The molecule has 102 valence electrons. The molecule has 2 aromatic rings. The monoisotopic (exact) mass is 325 g/mol. The van der Waals surface area contributed by atoms with Gasteiger partial charge in [0.05, 0.1) is 33.2 Å². The highest BCUT2D eigenvalue weighted by molar-refractivity contribution is 6.44. The summed E-state index contributed by atoms with van der Waals surface area (Å²) in [6.45, 7) is 0. The first-order valence-electron chi connectivity index (χ1n) is 5.68. The number of halogens is 3. The van der Waals surface area contributed by atoms with Gasteiger partial charge in [-0.15, -0.1) is 0 Å². The summed E-state index contributed by atoms with van der Waals surface area (Å²) in [6.07, 6.45) is 0.246. The molecule has 0 amide bonds. The van der Waals surface area contributed by atoms with E-state index in [0.717, 1.165) is 11.3 Å². The van der Waals surface area contributed by atoms with Gasteiger partial charge in [0.2, 0.25) is 0 Å². The number of nitrogens with zero attached hydrogens (tertiary/aromatic N) is 1. The Morgan fingerprint density at radius 2 is 1.75 bits per heavy atom. The van der Waals surface area contributed by atoms with Gasteiger partial charge in [0.25, 0.3) is 0 Å². The minimum atomic E-state index is 0.246. The highest BCUT2D eigenvalue weighted by Crippen LogP contribution is 2.34. The lowest BCUT2D eigenvalue weighted by molar-refractivity contribution is 1.27. The predicted molar refractivity (Wildman–Crippen MR) is 84.9 cm³/mol. The number of nitrogens with one attached hydrogen (secondary N) is 1. The summed E-state index contributed by atoms with van der Waals surface area (Å²) in [5.41, 5.74) is 8.54. The molecular formula is C14H10Cl3N3. The molecule has 0 heterocycles. The lowest BCUT2D eigenvalue weighted by Crippen LogP contribution is -1.97. The Kier molecular flexibility index (Phi) is 4.61. The van der Waals surface area contributed by atoms with Crippen LogP contribution >= 0.6 is 34.8 Å². The van der Waals surface area contributed by atoms with Gasteiger partial charge in [-0.25, -0.2) is 0 Å². The maximum absolute atomic E-state index is 8.76. The zero-order valence-corrected chi connectivity index (χ0v) is 12.5. The van der Waals surface area contributed by atoms with Crippen LogP contribution in [0.2, 0.25) is 15.1 Å². The number of nitriles is 1. The second kappa shape index (κ2) is 6.23. The summed E-state index contributed by atoms with van der Waals surface area (Å²) in [4.78, 5) is 0. The standard InChI is InChI=1S/C14H10Cl3N3/c15-10-6-12(17)14(7-11(10)16)20-9-1-2-13(19)8(5-9)3-4-18/h1-2,5-7,20H,3,19H2. The van der Waals surface area contributed by atoms with Crippen molar-refractivity contribution in [1.82, 2.24) is 0 Å². The van der Waals surface area contributed by atoms with E-state index in [-0.39, 0.29) is 6.42 Å². The average molecular weight is 327 g/mol. The molecule has 20 heavy (non-hydrogen) atoms. The van der Waals surface area contributed by atoms with Crippen LogP contribution in [-0.2, 0) is 6.42 Å². The molecule has 3 N–H and O–H groups in total. The number of hydrogen-bond acceptors (Lipinski definition) is 3. The molecule has 0 fully saturated rings. The predicted octanol–water partition coefficient (Wildman–Crippen LogP) is 5.04. The fourth-order valence-corrected chi connectivity index (χ4v) is 2.29. The first kappa shape index (κ1) is 14.8. The van der Waals surface area contributed by atoms with E-state index < -0.39 is 0 Å². The molecule has 0 aliphatic rings. The van der Waals surface area contributed by atoms with Crippen LogP contribution in [0.5, 0.6) is 0 Å². The normalized spacial score (nSPS) is 10.1. The number of anilines is 3. The number of rotatable bonds is 3. The van der Waals surface area contributed by atoms with Crippen molar-refractivity contribution >= 4 is 51.9 Å². The Balaban J connectivity index is 2.33. The first-order chi connectivity index (χ1) is 9.51. The van der Waals surface area contributed by atoms with E-state index in [1.54, 1.807) is 30.3 Å². The van der Waals surface area contributed by atoms with E-state index in [1.807, 2.05) is 0 Å². The summed E-state index contributed by atoms with van der Waals surface area (Å²) < 4.78 is 0. The summed E-state index contributed by atoms with van der Waals surface area (Å²) in [5, 5.41) is 13.1. The maximum Gasteiger partial charge on any atom is 0.0670 e. The quantitative estimate of drug-likeness (QED) is 0.613. The number of nitrogens with two attached hydrogens (primary N) is 1. The van der Waals surface area contributed by atoms with E-state index in [1.165, 1.54) is 0 Å². The van der Waals surface area contributed by atoms with Gasteiger partial charge in [0.1, 0.15) is 0 Å². The van der Waals surface area contributed by atoms with E-state index in [0.29, 0.717) is 26.4 Å². The van der Waals surface area contributed by atoms with E-state index in [9.17, 15) is 0 Å². The Bertz CT molecular complexity index is 693. The third kappa shape index (κ3) is 3.29. The molecular weight excluding hydrogens is 317 g/mol. The van der Waals surface area contributed by atoms with Crippen LogP contribution in [-0.4, -0.2) is 0 Å². The lowest BCUT2D eigenvalue weighted by atomic mass is 10.1. The lowest BCUT2D eigenvalue weighted by Gasteiger charge is -2.11. The third-order valence-electron chi connectivity index (χ3n) is 2.70. The minimum Gasteiger partial charge on any atom is -0.398 e. The van der Waals surface area contributed by atoms with E-state index in [2.05, 4.69) is 11.4 Å². The van der Waals surface area contributed by atoms with Gasteiger partial charge < -0.3 is 11.1 Å². The second-order valence-electron chi connectivity index (χ2n) is 4.12. The molecule has 0 atom stereocenters. The van der Waals surface area contributed by atoms with Crippen molar-refractivity contribution in [1.29, 1.82) is 5.26 Å². The van der Waals surface area contributed by atoms with Crippen molar-refractivity contribution in [3.05, 3.63) is 51.0 Å². The smallest absolute Gasteiger partial charge is 0.0670 e. The molecule has 2 aromatic carbocycles. The largest absolute Gasteiger partial charge is 0.398 e. The SMILES string of the molecule is N#CCc1cc(Nc2cc(Cl)c(Cl)cc2Cl)ccc1N. The first-order valence-corrected chi connectivity index (χ1v) is 6.81. The third-order valence-corrected chi connectivity index (χ3v) is 3.74. The zero-order chi connectivity index (χ0) is 14.7. The van der Waals surface area contributed by atoms with Crippen LogP contribution in [0.25, 0.3) is 0 Å². The van der Waals surface area contributed by atoms with Crippen molar-refractivity contribution in [2.24, 2.45) is 0 Å². The number of benzene rings is 2. The van der Waals surface area contributed by atoms with Gasteiger partial charge in [-0.05, 0) is 35.9 Å². The molecule has 0 saturated carbocycles. The van der Waals surface area contributed by atoms with Crippen LogP contribution in [0.3, 0.4) is 0 Å². The van der Waals surface area contributed by atoms with Crippen LogP contribution in [0, 0.1) is 11.3 Å². The summed E-state index contributed by atoms with van der Waals surface area (Å²) in [7, 11) is 0. The van der Waals surface area contributed by atoms with Crippen molar-refractivity contribution in [3.8, 4) is 6.07 Å².